The van der Waals surface area contributed by atoms with E-state index in [1.807, 2.05) is 0 Å². The Morgan fingerprint density at radius 3 is 2.35 bits per heavy atom. The molecule has 5 heteroatoms. The van der Waals surface area contributed by atoms with Crippen molar-refractivity contribution < 1.29 is 9.53 Å². The number of nitrogens with zero attached hydrogens (tertiary/aromatic N) is 1. The summed E-state index contributed by atoms with van der Waals surface area (Å²) in [4.78, 5) is 12.8. The van der Waals surface area contributed by atoms with E-state index in [4.69, 9.17) is 4.74 Å². The highest BCUT2D eigenvalue weighted by Gasteiger charge is 2.23. The lowest BCUT2D eigenvalue weighted by molar-refractivity contribution is -0.0418. The molecule has 0 spiro atoms. The quantitative estimate of drug-likeness (QED) is 0.718. The number of urea groups is 1. The maximum atomic E-state index is 11.3. The maximum Gasteiger partial charge on any atom is 0.316 e. The average molecular weight is 243 g/mol. The van der Waals surface area contributed by atoms with Crippen molar-refractivity contribution in [2.24, 2.45) is 0 Å². The maximum absolute atomic E-state index is 11.3. The van der Waals surface area contributed by atoms with E-state index in [0.29, 0.717) is 24.8 Å². The molecular weight excluding hydrogens is 218 g/mol. The third-order valence-corrected chi connectivity index (χ3v) is 2.94. The van der Waals surface area contributed by atoms with Crippen LogP contribution in [0.2, 0.25) is 0 Å². The zero-order valence-electron chi connectivity index (χ0n) is 11.3. The predicted octanol–water partition coefficient (Wildman–Crippen LogP) is 0.803. The van der Waals surface area contributed by atoms with Gasteiger partial charge < -0.3 is 20.3 Å². The van der Waals surface area contributed by atoms with E-state index < -0.39 is 0 Å². The number of rotatable bonds is 4. The minimum atomic E-state index is -0.0412. The molecule has 2 atom stereocenters. The number of amides is 2. The standard InChI is InChI=1S/C12H25N3O2/c1-9-7-11(8-10(2)17-9)13-5-6-14-12(16)15(3)4/h9-11,13H,5-8H2,1-4H3,(H,14,16). The van der Waals surface area contributed by atoms with Crippen molar-refractivity contribution in [1.82, 2.24) is 15.5 Å². The average Bonchev–Trinajstić information content (AvgIpc) is 2.22. The molecule has 0 aliphatic carbocycles. The zero-order chi connectivity index (χ0) is 12.8. The first kappa shape index (κ1) is 14.3. The van der Waals surface area contributed by atoms with Crippen LogP contribution in [0.3, 0.4) is 0 Å². The molecule has 0 saturated carbocycles. The van der Waals surface area contributed by atoms with Gasteiger partial charge in [-0.3, -0.25) is 0 Å². The number of nitrogens with one attached hydrogen (secondary N) is 2. The molecule has 0 aromatic carbocycles. The van der Waals surface area contributed by atoms with Crippen LogP contribution in [0.25, 0.3) is 0 Å². The molecule has 0 bridgehead atoms. The van der Waals surface area contributed by atoms with E-state index in [1.165, 1.54) is 0 Å². The lowest BCUT2D eigenvalue weighted by atomic mass is 10.00. The first-order chi connectivity index (χ1) is 7.99. The van der Waals surface area contributed by atoms with Crippen molar-refractivity contribution in [3.8, 4) is 0 Å². The SMILES string of the molecule is CC1CC(NCCNC(=O)N(C)C)CC(C)O1. The van der Waals surface area contributed by atoms with Crippen molar-refractivity contribution in [2.75, 3.05) is 27.2 Å². The Hall–Kier alpha value is -0.810. The third kappa shape index (κ3) is 5.37. The molecule has 1 fully saturated rings. The zero-order valence-corrected chi connectivity index (χ0v) is 11.3. The van der Waals surface area contributed by atoms with E-state index in [9.17, 15) is 4.79 Å². The molecule has 1 heterocycles. The van der Waals surface area contributed by atoms with E-state index in [1.54, 1.807) is 19.0 Å². The topological polar surface area (TPSA) is 53.6 Å². The van der Waals surface area contributed by atoms with Crippen LogP contribution in [0.15, 0.2) is 0 Å². The minimum Gasteiger partial charge on any atom is -0.375 e. The molecule has 2 amide bonds. The molecule has 0 radical (unpaired) electrons. The molecule has 0 aromatic rings. The Kier molecular flexibility index (Phi) is 5.71. The minimum absolute atomic E-state index is 0.0412. The molecule has 1 aliphatic heterocycles. The first-order valence-corrected chi connectivity index (χ1v) is 6.33. The molecule has 2 unspecified atom stereocenters. The second-order valence-electron chi connectivity index (χ2n) is 5.01. The Labute approximate surface area is 104 Å². The third-order valence-electron chi connectivity index (χ3n) is 2.94. The monoisotopic (exact) mass is 243 g/mol. The lowest BCUT2D eigenvalue weighted by Crippen LogP contribution is -2.45. The molecule has 1 aliphatic rings. The number of ether oxygens (including phenoxy) is 1. The van der Waals surface area contributed by atoms with E-state index in [0.717, 1.165) is 19.4 Å². The highest BCUT2D eigenvalue weighted by molar-refractivity contribution is 5.73. The summed E-state index contributed by atoms with van der Waals surface area (Å²) < 4.78 is 5.68. The second kappa shape index (κ2) is 6.81. The van der Waals surface area contributed by atoms with Gasteiger partial charge in [0.2, 0.25) is 0 Å². The Morgan fingerprint density at radius 2 is 1.82 bits per heavy atom. The van der Waals surface area contributed by atoms with Gasteiger partial charge in [-0.05, 0) is 26.7 Å². The predicted molar refractivity (Wildman–Crippen MR) is 68.1 cm³/mol. The summed E-state index contributed by atoms with van der Waals surface area (Å²) in [5.74, 6) is 0. The van der Waals surface area contributed by atoms with Gasteiger partial charge in [0.15, 0.2) is 0 Å². The fraction of sp³-hybridized carbons (Fsp3) is 0.917. The Morgan fingerprint density at radius 1 is 1.24 bits per heavy atom. The van der Waals surface area contributed by atoms with Gasteiger partial charge in [0, 0.05) is 33.2 Å². The first-order valence-electron chi connectivity index (χ1n) is 6.33. The highest BCUT2D eigenvalue weighted by atomic mass is 16.5. The molecule has 5 nitrogen and oxygen atoms in total. The molecule has 17 heavy (non-hydrogen) atoms. The fourth-order valence-corrected chi connectivity index (χ4v) is 2.18. The largest absolute Gasteiger partial charge is 0.375 e. The number of carbonyl (C=O) groups excluding carboxylic acids is 1. The van der Waals surface area contributed by atoms with Gasteiger partial charge in [-0.1, -0.05) is 0 Å². The fourth-order valence-electron chi connectivity index (χ4n) is 2.18. The molecule has 100 valence electrons. The van der Waals surface area contributed by atoms with Crippen LogP contribution in [-0.4, -0.2) is 56.4 Å². The van der Waals surface area contributed by atoms with Crippen LogP contribution >= 0.6 is 0 Å². The van der Waals surface area contributed by atoms with Crippen LogP contribution in [0.4, 0.5) is 4.79 Å². The summed E-state index contributed by atoms with van der Waals surface area (Å²) in [6, 6.07) is 0.463. The number of carbonyl (C=O) groups is 1. The van der Waals surface area contributed by atoms with E-state index >= 15 is 0 Å². The van der Waals surface area contributed by atoms with Gasteiger partial charge >= 0.3 is 6.03 Å². The van der Waals surface area contributed by atoms with E-state index in [-0.39, 0.29) is 6.03 Å². The Balaban J connectivity index is 2.12. The summed E-state index contributed by atoms with van der Waals surface area (Å²) in [5, 5.41) is 6.30. The van der Waals surface area contributed by atoms with Crippen molar-refractivity contribution in [3.63, 3.8) is 0 Å². The summed E-state index contributed by atoms with van der Waals surface area (Å²) in [6.45, 7) is 5.69. The van der Waals surface area contributed by atoms with Crippen LogP contribution < -0.4 is 10.6 Å². The lowest BCUT2D eigenvalue weighted by Gasteiger charge is -2.32. The smallest absolute Gasteiger partial charge is 0.316 e. The van der Waals surface area contributed by atoms with Crippen molar-refractivity contribution in [3.05, 3.63) is 0 Å². The van der Waals surface area contributed by atoms with Crippen LogP contribution in [-0.2, 0) is 4.74 Å². The normalized spacial score (nSPS) is 28.8. The van der Waals surface area contributed by atoms with Crippen LogP contribution in [0.5, 0.6) is 0 Å². The Bertz CT molecular complexity index is 236. The van der Waals surface area contributed by atoms with Gasteiger partial charge in [0.05, 0.1) is 12.2 Å². The molecule has 2 N–H and O–H groups in total. The van der Waals surface area contributed by atoms with Crippen LogP contribution in [0.1, 0.15) is 26.7 Å². The highest BCUT2D eigenvalue weighted by Crippen LogP contribution is 2.18. The van der Waals surface area contributed by atoms with Crippen molar-refractivity contribution >= 4 is 6.03 Å². The number of hydrogen-bond donors (Lipinski definition) is 2. The van der Waals surface area contributed by atoms with Gasteiger partial charge in [0.1, 0.15) is 0 Å². The molecule has 0 aromatic heterocycles. The molecule has 1 rings (SSSR count). The van der Waals surface area contributed by atoms with Crippen molar-refractivity contribution in [1.29, 1.82) is 0 Å². The van der Waals surface area contributed by atoms with Gasteiger partial charge in [-0.2, -0.15) is 0 Å². The van der Waals surface area contributed by atoms with Crippen molar-refractivity contribution in [2.45, 2.75) is 44.9 Å². The summed E-state index contributed by atoms with van der Waals surface area (Å²) in [5.41, 5.74) is 0. The van der Waals surface area contributed by atoms with E-state index in [2.05, 4.69) is 24.5 Å². The summed E-state index contributed by atoms with van der Waals surface area (Å²) in [6.07, 6.45) is 2.75. The summed E-state index contributed by atoms with van der Waals surface area (Å²) >= 11 is 0. The second-order valence-corrected chi connectivity index (χ2v) is 5.01. The van der Waals surface area contributed by atoms with Gasteiger partial charge in [-0.25, -0.2) is 4.79 Å². The summed E-state index contributed by atoms with van der Waals surface area (Å²) in [7, 11) is 3.48. The van der Waals surface area contributed by atoms with Crippen LogP contribution in [0, 0.1) is 0 Å². The van der Waals surface area contributed by atoms with Gasteiger partial charge in [-0.15, -0.1) is 0 Å². The number of hydrogen-bond acceptors (Lipinski definition) is 3. The molecular formula is C12H25N3O2. The molecule has 1 saturated heterocycles. The van der Waals surface area contributed by atoms with Gasteiger partial charge in [0.25, 0.3) is 0 Å².